The summed E-state index contributed by atoms with van der Waals surface area (Å²) in [5, 5.41) is 8.22. The van der Waals surface area contributed by atoms with Gasteiger partial charge in [-0.25, -0.2) is 14.4 Å². The van der Waals surface area contributed by atoms with Gasteiger partial charge in [-0.3, -0.25) is 5.10 Å². The van der Waals surface area contributed by atoms with E-state index in [0.717, 1.165) is 43.7 Å². The fourth-order valence-corrected chi connectivity index (χ4v) is 5.14. The predicted octanol–water partition coefficient (Wildman–Crippen LogP) is 4.37. The number of rotatable bonds is 2. The Bertz CT molecular complexity index is 1060. The molecule has 0 amide bonds. The molecule has 2 aromatic heterocycles. The second-order valence-corrected chi connectivity index (χ2v) is 8.82. The van der Waals surface area contributed by atoms with Crippen LogP contribution >= 0.6 is 23.2 Å². The zero-order valence-electron chi connectivity index (χ0n) is 15.7. The topological polar surface area (TPSA) is 83.7 Å². The molecule has 5 rings (SSSR count). The van der Waals surface area contributed by atoms with Gasteiger partial charge in [-0.05, 0) is 37.2 Å². The molecule has 1 aliphatic heterocycles. The van der Waals surface area contributed by atoms with Crippen LogP contribution in [0.4, 0.5) is 10.2 Å². The van der Waals surface area contributed by atoms with Crippen molar-refractivity contribution in [3.63, 3.8) is 0 Å². The number of nitrogens with one attached hydrogen (secondary N) is 1. The highest BCUT2D eigenvalue weighted by Gasteiger charge is 2.48. The first-order valence-electron chi connectivity index (χ1n) is 9.79. The van der Waals surface area contributed by atoms with Crippen LogP contribution in [0.2, 0.25) is 10.0 Å². The molecule has 2 aliphatic rings. The minimum Gasteiger partial charge on any atom is -0.355 e. The number of aromatic nitrogens is 4. The molecule has 0 unspecified atom stereocenters. The second-order valence-electron chi connectivity index (χ2n) is 8.03. The molecule has 0 bridgehead atoms. The molecule has 3 N–H and O–H groups in total. The van der Waals surface area contributed by atoms with Gasteiger partial charge >= 0.3 is 0 Å². The van der Waals surface area contributed by atoms with Crippen LogP contribution < -0.4 is 10.6 Å². The summed E-state index contributed by atoms with van der Waals surface area (Å²) >= 11 is 12.5. The third-order valence-electron chi connectivity index (χ3n) is 6.57. The molecule has 1 aromatic carbocycles. The number of benzene rings is 1. The Hall–Kier alpha value is -1.96. The van der Waals surface area contributed by atoms with Gasteiger partial charge < -0.3 is 10.6 Å². The molecule has 0 radical (unpaired) electrons. The molecule has 2 atom stereocenters. The molecule has 1 spiro atoms. The molecule has 3 heterocycles. The van der Waals surface area contributed by atoms with E-state index >= 15 is 0 Å². The van der Waals surface area contributed by atoms with Gasteiger partial charge in [0, 0.05) is 24.7 Å². The average molecular weight is 435 g/mol. The van der Waals surface area contributed by atoms with Crippen molar-refractivity contribution in [1.82, 2.24) is 20.2 Å². The zero-order valence-corrected chi connectivity index (χ0v) is 17.2. The highest BCUT2D eigenvalue weighted by molar-refractivity contribution is 6.43. The lowest BCUT2D eigenvalue weighted by Crippen LogP contribution is -2.49. The standard InChI is InChI=1S/C20H21Cl2FN6/c21-12-3-1-2-11(15(12)22)16-17-19(28-27-16)26-14(10-25-17)29-8-6-20(7-9-29)5-4-13(23)18(20)24/h1-3,10,13,18H,4-9,24H2,(H,26,27,28)/t13-,18+/m1/s1. The van der Waals surface area contributed by atoms with Crippen molar-refractivity contribution in [2.75, 3.05) is 18.0 Å². The normalized spacial score (nSPS) is 23.9. The fourth-order valence-electron chi connectivity index (χ4n) is 4.74. The highest BCUT2D eigenvalue weighted by Crippen LogP contribution is 2.47. The summed E-state index contributed by atoms with van der Waals surface area (Å²) in [5.74, 6) is 0.769. The van der Waals surface area contributed by atoms with E-state index in [1.165, 1.54) is 0 Å². The Kier molecular flexibility index (Phi) is 4.64. The monoisotopic (exact) mass is 434 g/mol. The van der Waals surface area contributed by atoms with E-state index < -0.39 is 6.17 Å². The molecule has 2 fully saturated rings. The van der Waals surface area contributed by atoms with E-state index in [0.29, 0.717) is 33.3 Å². The third-order valence-corrected chi connectivity index (χ3v) is 7.39. The summed E-state index contributed by atoms with van der Waals surface area (Å²) < 4.78 is 13.9. The number of H-pyrrole nitrogens is 1. The lowest BCUT2D eigenvalue weighted by atomic mass is 9.74. The Labute approximate surface area is 177 Å². The number of nitrogens with zero attached hydrogens (tertiary/aromatic N) is 4. The SMILES string of the molecule is N[C@H]1[C@H](F)CCC12CCN(c1cnc3c(-c4cccc(Cl)c4Cl)[nH]nc3n1)CC2. The zero-order chi connectivity index (χ0) is 20.2. The van der Waals surface area contributed by atoms with E-state index in [1.807, 2.05) is 12.1 Å². The Morgan fingerprint density at radius 2 is 2.00 bits per heavy atom. The summed E-state index contributed by atoms with van der Waals surface area (Å²) in [6.45, 7) is 1.58. The van der Waals surface area contributed by atoms with Crippen molar-refractivity contribution in [2.24, 2.45) is 11.1 Å². The minimum atomic E-state index is -0.876. The molecule has 152 valence electrons. The molecule has 1 aliphatic carbocycles. The van der Waals surface area contributed by atoms with Gasteiger partial charge in [0.2, 0.25) is 5.65 Å². The smallest absolute Gasteiger partial charge is 0.202 e. The van der Waals surface area contributed by atoms with Gasteiger partial charge in [-0.1, -0.05) is 35.3 Å². The van der Waals surface area contributed by atoms with Gasteiger partial charge in [0.15, 0.2) is 0 Å². The van der Waals surface area contributed by atoms with Gasteiger partial charge in [0.05, 0.1) is 21.9 Å². The lowest BCUT2D eigenvalue weighted by molar-refractivity contribution is 0.167. The number of hydrogen-bond acceptors (Lipinski definition) is 5. The first kappa shape index (κ1) is 19.0. The van der Waals surface area contributed by atoms with Gasteiger partial charge in [-0.2, -0.15) is 5.10 Å². The first-order valence-corrected chi connectivity index (χ1v) is 10.5. The Morgan fingerprint density at radius 1 is 1.21 bits per heavy atom. The summed E-state index contributed by atoms with van der Waals surface area (Å²) in [7, 11) is 0. The summed E-state index contributed by atoms with van der Waals surface area (Å²) in [6, 6.07) is 5.08. The number of halogens is 3. The summed E-state index contributed by atoms with van der Waals surface area (Å²) in [6.07, 6.45) is 4.07. The van der Waals surface area contributed by atoms with Crippen molar-refractivity contribution in [3.05, 3.63) is 34.4 Å². The first-order chi connectivity index (χ1) is 14.0. The number of piperidine rings is 1. The van der Waals surface area contributed by atoms with Crippen LogP contribution in [0.5, 0.6) is 0 Å². The number of alkyl halides is 1. The maximum atomic E-state index is 13.9. The molecule has 3 aromatic rings. The number of nitrogens with two attached hydrogens (primary N) is 1. The van der Waals surface area contributed by atoms with Crippen molar-refractivity contribution in [1.29, 1.82) is 0 Å². The molecule has 29 heavy (non-hydrogen) atoms. The largest absolute Gasteiger partial charge is 0.355 e. The van der Waals surface area contributed by atoms with E-state index in [2.05, 4.69) is 25.1 Å². The van der Waals surface area contributed by atoms with E-state index in [4.69, 9.17) is 28.9 Å². The van der Waals surface area contributed by atoms with Crippen LogP contribution in [0.25, 0.3) is 22.4 Å². The lowest BCUT2D eigenvalue weighted by Gasteiger charge is -2.42. The summed E-state index contributed by atoms with van der Waals surface area (Å²) in [5.41, 5.74) is 8.69. The van der Waals surface area contributed by atoms with Gasteiger partial charge in [-0.15, -0.1) is 0 Å². The van der Waals surface area contributed by atoms with Crippen molar-refractivity contribution < 1.29 is 4.39 Å². The molecule has 1 saturated carbocycles. The summed E-state index contributed by atoms with van der Waals surface area (Å²) in [4.78, 5) is 11.5. The molecular weight excluding hydrogens is 414 g/mol. The van der Waals surface area contributed by atoms with Gasteiger partial charge in [0.1, 0.15) is 17.5 Å². The number of anilines is 1. The van der Waals surface area contributed by atoms with Crippen molar-refractivity contribution in [2.45, 2.75) is 37.9 Å². The van der Waals surface area contributed by atoms with Crippen LogP contribution in [-0.4, -0.2) is 45.5 Å². The average Bonchev–Trinajstić information content (AvgIpc) is 3.27. The Balaban J connectivity index is 1.40. The third kappa shape index (κ3) is 3.07. The minimum absolute atomic E-state index is 0.0731. The maximum absolute atomic E-state index is 13.9. The molecule has 9 heteroatoms. The predicted molar refractivity (Wildman–Crippen MR) is 113 cm³/mol. The van der Waals surface area contributed by atoms with E-state index in [-0.39, 0.29) is 11.5 Å². The molecule has 6 nitrogen and oxygen atoms in total. The van der Waals surface area contributed by atoms with E-state index in [1.54, 1.807) is 12.3 Å². The van der Waals surface area contributed by atoms with Crippen LogP contribution in [0.3, 0.4) is 0 Å². The highest BCUT2D eigenvalue weighted by atomic mass is 35.5. The number of hydrogen-bond donors (Lipinski definition) is 2. The van der Waals surface area contributed by atoms with Crippen LogP contribution in [0, 0.1) is 5.41 Å². The quantitative estimate of drug-likeness (QED) is 0.625. The molecular formula is C20H21Cl2FN6. The number of fused-ring (bicyclic) bond motifs is 1. The van der Waals surface area contributed by atoms with E-state index in [9.17, 15) is 4.39 Å². The fraction of sp³-hybridized carbons (Fsp3) is 0.450. The molecule has 1 saturated heterocycles. The van der Waals surface area contributed by atoms with Gasteiger partial charge in [0.25, 0.3) is 0 Å². The van der Waals surface area contributed by atoms with Crippen molar-refractivity contribution in [3.8, 4) is 11.3 Å². The van der Waals surface area contributed by atoms with Crippen LogP contribution in [-0.2, 0) is 0 Å². The maximum Gasteiger partial charge on any atom is 0.202 e. The van der Waals surface area contributed by atoms with Crippen LogP contribution in [0.15, 0.2) is 24.4 Å². The van der Waals surface area contributed by atoms with Crippen molar-refractivity contribution >= 4 is 40.2 Å². The second kappa shape index (κ2) is 7.07. The van der Waals surface area contributed by atoms with Crippen LogP contribution in [0.1, 0.15) is 25.7 Å². The Morgan fingerprint density at radius 3 is 2.72 bits per heavy atom. The number of aromatic amines is 1.